The molecule has 0 atom stereocenters. The number of hydrogen-bond acceptors (Lipinski definition) is 3. The summed E-state index contributed by atoms with van der Waals surface area (Å²) in [7, 11) is 0. The molecule has 0 bridgehead atoms. The second-order valence-electron chi connectivity index (χ2n) is 2.80. The molecule has 2 aromatic rings. The van der Waals surface area contributed by atoms with Gasteiger partial charge in [-0.15, -0.1) is 0 Å². The minimum Gasteiger partial charge on any atom is -0.233 e. The summed E-state index contributed by atoms with van der Waals surface area (Å²) in [4.78, 5) is 11.0. The van der Waals surface area contributed by atoms with Crippen molar-refractivity contribution in [1.82, 2.24) is 9.97 Å². The Balaban J connectivity index is 2.86. The van der Waals surface area contributed by atoms with Gasteiger partial charge in [-0.25, -0.2) is 9.97 Å². The molecule has 0 saturated heterocycles. The van der Waals surface area contributed by atoms with Crippen LogP contribution in [0.15, 0.2) is 29.4 Å². The van der Waals surface area contributed by atoms with Crippen LogP contribution in [0, 0.1) is 6.92 Å². The van der Waals surface area contributed by atoms with E-state index in [4.69, 9.17) is 5.53 Å². The number of rotatable bonds is 1. The van der Waals surface area contributed by atoms with E-state index >= 15 is 0 Å². The van der Waals surface area contributed by atoms with Gasteiger partial charge in [0.2, 0.25) is 0 Å². The van der Waals surface area contributed by atoms with Gasteiger partial charge in [0.1, 0.15) is 11.6 Å². The van der Waals surface area contributed by atoms with Crippen LogP contribution in [0.1, 0.15) is 5.82 Å². The summed E-state index contributed by atoms with van der Waals surface area (Å²) < 4.78 is 0. The predicted octanol–water partition coefficient (Wildman–Crippen LogP) is 2.88. The zero-order valence-electron chi connectivity index (χ0n) is 7.55. The highest BCUT2D eigenvalue weighted by molar-refractivity contribution is 5.87. The van der Waals surface area contributed by atoms with Crippen molar-refractivity contribution in [1.29, 1.82) is 0 Å². The molecule has 5 nitrogen and oxygen atoms in total. The molecule has 5 heteroatoms. The van der Waals surface area contributed by atoms with Crippen LogP contribution in [-0.2, 0) is 0 Å². The fourth-order valence-corrected chi connectivity index (χ4v) is 1.29. The van der Waals surface area contributed by atoms with Crippen LogP contribution in [0.3, 0.4) is 0 Å². The van der Waals surface area contributed by atoms with Gasteiger partial charge in [-0.05, 0) is 23.6 Å². The van der Waals surface area contributed by atoms with Crippen LogP contribution in [0.4, 0.5) is 5.82 Å². The van der Waals surface area contributed by atoms with E-state index < -0.39 is 0 Å². The van der Waals surface area contributed by atoms with E-state index in [2.05, 4.69) is 20.0 Å². The summed E-state index contributed by atoms with van der Waals surface area (Å²) in [6.07, 6.45) is 0. The predicted molar refractivity (Wildman–Crippen MR) is 53.1 cm³/mol. The van der Waals surface area contributed by atoms with E-state index in [0.29, 0.717) is 11.6 Å². The molecule has 0 radical (unpaired) electrons. The Bertz CT molecular complexity index is 528. The number of hydrogen-bond donors (Lipinski definition) is 0. The Morgan fingerprint density at radius 3 is 2.86 bits per heavy atom. The van der Waals surface area contributed by atoms with Gasteiger partial charge in [-0.1, -0.05) is 18.2 Å². The third-order valence-electron chi connectivity index (χ3n) is 1.83. The Kier molecular flexibility index (Phi) is 2.01. The van der Waals surface area contributed by atoms with E-state index in [1.54, 1.807) is 6.92 Å². The topological polar surface area (TPSA) is 74.5 Å². The fourth-order valence-electron chi connectivity index (χ4n) is 1.29. The molecule has 0 aliphatic rings. The summed E-state index contributed by atoms with van der Waals surface area (Å²) in [5, 5.41) is 4.30. The highest BCUT2D eigenvalue weighted by atomic mass is 15.2. The molecule has 0 saturated carbocycles. The van der Waals surface area contributed by atoms with Crippen molar-refractivity contribution in [2.24, 2.45) is 5.11 Å². The van der Waals surface area contributed by atoms with Gasteiger partial charge in [-0.3, -0.25) is 0 Å². The second kappa shape index (κ2) is 3.32. The number of benzene rings is 1. The summed E-state index contributed by atoms with van der Waals surface area (Å²) in [6, 6.07) is 7.44. The lowest BCUT2D eigenvalue weighted by Gasteiger charge is -2.00. The molecule has 2 rings (SSSR count). The smallest absolute Gasteiger partial charge is 0.138 e. The minimum atomic E-state index is 0.385. The Morgan fingerprint density at radius 1 is 1.29 bits per heavy atom. The summed E-state index contributed by atoms with van der Waals surface area (Å²) in [5.41, 5.74) is 9.16. The SMILES string of the molecule is Cc1nc(N=[N+]=[N-])c2ccccc2n1. The van der Waals surface area contributed by atoms with Crippen LogP contribution >= 0.6 is 0 Å². The first-order valence-electron chi connectivity index (χ1n) is 4.10. The molecular formula is C9H7N5. The molecule has 0 fully saturated rings. The number of aryl methyl sites for hydroxylation is 1. The van der Waals surface area contributed by atoms with E-state index in [-0.39, 0.29) is 0 Å². The highest BCUT2D eigenvalue weighted by Gasteiger charge is 2.01. The maximum absolute atomic E-state index is 8.37. The first-order chi connectivity index (χ1) is 6.81. The van der Waals surface area contributed by atoms with Gasteiger partial charge in [0.05, 0.1) is 5.52 Å². The summed E-state index contributed by atoms with van der Waals surface area (Å²) >= 11 is 0. The third kappa shape index (κ3) is 1.36. The fraction of sp³-hybridized carbons (Fsp3) is 0.111. The second-order valence-corrected chi connectivity index (χ2v) is 2.80. The molecular weight excluding hydrogens is 178 g/mol. The van der Waals surface area contributed by atoms with Crippen molar-refractivity contribution in [2.45, 2.75) is 6.92 Å². The molecule has 0 N–H and O–H groups in total. The first-order valence-corrected chi connectivity index (χ1v) is 4.10. The lowest BCUT2D eigenvalue weighted by atomic mass is 10.2. The monoisotopic (exact) mass is 185 g/mol. The van der Waals surface area contributed by atoms with Crippen molar-refractivity contribution in [3.8, 4) is 0 Å². The van der Waals surface area contributed by atoms with E-state index in [1.807, 2.05) is 24.3 Å². The number of azide groups is 1. The molecule has 0 spiro atoms. The molecule has 14 heavy (non-hydrogen) atoms. The molecule has 68 valence electrons. The Morgan fingerprint density at radius 2 is 2.07 bits per heavy atom. The zero-order chi connectivity index (χ0) is 9.97. The highest BCUT2D eigenvalue weighted by Crippen LogP contribution is 2.22. The molecule has 0 amide bonds. The lowest BCUT2D eigenvalue weighted by molar-refractivity contribution is 1.08. The van der Waals surface area contributed by atoms with Crippen molar-refractivity contribution >= 4 is 16.7 Å². The average Bonchev–Trinajstić information content (AvgIpc) is 2.18. The van der Waals surface area contributed by atoms with Gasteiger partial charge < -0.3 is 0 Å². The van der Waals surface area contributed by atoms with E-state index in [1.165, 1.54) is 0 Å². The zero-order valence-corrected chi connectivity index (χ0v) is 7.55. The number of nitrogens with zero attached hydrogens (tertiary/aromatic N) is 5. The summed E-state index contributed by atoms with van der Waals surface area (Å²) in [5.74, 6) is 0.988. The van der Waals surface area contributed by atoms with E-state index in [0.717, 1.165) is 10.9 Å². The minimum absolute atomic E-state index is 0.385. The van der Waals surface area contributed by atoms with Gasteiger partial charge in [0, 0.05) is 10.3 Å². The van der Waals surface area contributed by atoms with Crippen LogP contribution in [-0.4, -0.2) is 9.97 Å². The molecule has 1 heterocycles. The average molecular weight is 185 g/mol. The Labute approximate surface area is 80.1 Å². The van der Waals surface area contributed by atoms with Gasteiger partial charge in [0.15, 0.2) is 0 Å². The molecule has 1 aromatic carbocycles. The standard InChI is InChI=1S/C9H7N5/c1-6-11-8-5-3-2-4-7(8)9(12-6)13-14-10/h2-5H,1H3. The lowest BCUT2D eigenvalue weighted by Crippen LogP contribution is -1.88. The van der Waals surface area contributed by atoms with Crippen LogP contribution in [0.25, 0.3) is 21.3 Å². The van der Waals surface area contributed by atoms with Crippen molar-refractivity contribution in [2.75, 3.05) is 0 Å². The van der Waals surface area contributed by atoms with Crippen LogP contribution in [0.2, 0.25) is 0 Å². The third-order valence-corrected chi connectivity index (χ3v) is 1.83. The maximum Gasteiger partial charge on any atom is 0.138 e. The molecule has 0 aliphatic carbocycles. The van der Waals surface area contributed by atoms with Gasteiger partial charge >= 0.3 is 0 Å². The number of aromatic nitrogens is 2. The molecule has 1 aromatic heterocycles. The number of fused-ring (bicyclic) bond motifs is 1. The molecule has 0 aliphatic heterocycles. The quantitative estimate of drug-likeness (QED) is 0.389. The number of para-hydroxylation sites is 1. The van der Waals surface area contributed by atoms with Crippen LogP contribution < -0.4 is 0 Å². The summed E-state index contributed by atoms with van der Waals surface area (Å²) in [6.45, 7) is 1.77. The van der Waals surface area contributed by atoms with Crippen molar-refractivity contribution in [3.05, 3.63) is 40.5 Å². The van der Waals surface area contributed by atoms with Crippen LogP contribution in [0.5, 0.6) is 0 Å². The van der Waals surface area contributed by atoms with Crippen molar-refractivity contribution < 1.29 is 0 Å². The largest absolute Gasteiger partial charge is 0.233 e. The van der Waals surface area contributed by atoms with Gasteiger partial charge in [-0.2, -0.15) is 0 Å². The maximum atomic E-state index is 8.37. The van der Waals surface area contributed by atoms with E-state index in [9.17, 15) is 0 Å². The normalized spacial score (nSPS) is 9.79. The van der Waals surface area contributed by atoms with Gasteiger partial charge in [0.25, 0.3) is 0 Å². The first kappa shape index (κ1) is 8.47. The molecule has 0 unspecified atom stereocenters. The van der Waals surface area contributed by atoms with Crippen molar-refractivity contribution in [3.63, 3.8) is 0 Å². The Hall–Kier alpha value is -2.13.